The Morgan fingerprint density at radius 2 is 1.54 bits per heavy atom. The van der Waals surface area contributed by atoms with Gasteiger partial charge in [0.1, 0.15) is 0 Å². The molecule has 1 fully saturated rings. The van der Waals surface area contributed by atoms with E-state index in [2.05, 4.69) is 72.5 Å². The number of hydrogen-bond acceptors (Lipinski definition) is 3. The van der Waals surface area contributed by atoms with Gasteiger partial charge in [0.15, 0.2) is 6.29 Å². The van der Waals surface area contributed by atoms with Gasteiger partial charge in [0.2, 0.25) is 6.71 Å². The second kappa shape index (κ2) is 9.95. The maximum absolute atomic E-state index is 5.30. The molecule has 134 valence electrons. The Morgan fingerprint density at radius 3 is 2.04 bits per heavy atom. The molecule has 0 unspecified atom stereocenters. The second-order valence-electron chi connectivity index (χ2n) is 6.30. The van der Waals surface area contributed by atoms with E-state index in [1.165, 1.54) is 10.9 Å². The van der Waals surface area contributed by atoms with Crippen LogP contribution in [0.5, 0.6) is 0 Å². The van der Waals surface area contributed by atoms with Gasteiger partial charge in [-0.1, -0.05) is 78.4 Å². The van der Waals surface area contributed by atoms with Crippen molar-refractivity contribution in [3.63, 3.8) is 0 Å². The Labute approximate surface area is 155 Å². The zero-order valence-electron chi connectivity index (χ0n) is 15.2. The number of hydrogen-bond donors (Lipinski definition) is 0. The van der Waals surface area contributed by atoms with Crippen LogP contribution < -0.4 is 10.9 Å². The van der Waals surface area contributed by atoms with Crippen LogP contribution in [0.1, 0.15) is 6.42 Å². The Balaban J connectivity index is 0.000000152. The van der Waals surface area contributed by atoms with E-state index in [4.69, 9.17) is 9.47 Å². The summed E-state index contributed by atoms with van der Waals surface area (Å²) in [5, 5.41) is 0. The van der Waals surface area contributed by atoms with E-state index in [1.54, 1.807) is 12.5 Å². The summed E-state index contributed by atoms with van der Waals surface area (Å²) in [6.45, 7) is 5.09. The van der Waals surface area contributed by atoms with E-state index >= 15 is 0 Å². The van der Waals surface area contributed by atoms with Crippen LogP contribution in [0.25, 0.3) is 0 Å². The maximum atomic E-state index is 5.30. The van der Waals surface area contributed by atoms with Crippen molar-refractivity contribution in [2.24, 2.45) is 0 Å². The first kappa shape index (κ1) is 18.4. The SMILES string of the molecule is CB(c1ccccc1)c1ccccc1.c1cn(CCC2OCCO2)cn1. The zero-order valence-corrected chi connectivity index (χ0v) is 15.2. The van der Waals surface area contributed by atoms with Crippen molar-refractivity contribution in [1.29, 1.82) is 0 Å². The molecule has 2 heterocycles. The van der Waals surface area contributed by atoms with Crippen molar-refractivity contribution in [2.75, 3.05) is 13.2 Å². The van der Waals surface area contributed by atoms with Gasteiger partial charge in [-0.25, -0.2) is 4.98 Å². The lowest BCUT2D eigenvalue weighted by atomic mass is 9.43. The first-order valence-electron chi connectivity index (χ1n) is 9.12. The van der Waals surface area contributed by atoms with Crippen LogP contribution in [-0.4, -0.2) is 35.8 Å². The fourth-order valence-corrected chi connectivity index (χ4v) is 2.92. The summed E-state index contributed by atoms with van der Waals surface area (Å²) in [7, 11) is 0. The van der Waals surface area contributed by atoms with E-state index in [0.717, 1.165) is 26.2 Å². The first-order valence-corrected chi connectivity index (χ1v) is 9.12. The van der Waals surface area contributed by atoms with E-state index in [9.17, 15) is 0 Å². The fourth-order valence-electron chi connectivity index (χ4n) is 2.92. The molecule has 0 N–H and O–H groups in total. The van der Waals surface area contributed by atoms with Gasteiger partial charge in [-0.3, -0.25) is 0 Å². The third-order valence-corrected chi connectivity index (χ3v) is 4.47. The lowest BCUT2D eigenvalue weighted by Gasteiger charge is -2.08. The van der Waals surface area contributed by atoms with Crippen LogP contribution in [0.4, 0.5) is 0 Å². The summed E-state index contributed by atoms with van der Waals surface area (Å²) in [5.41, 5.74) is 2.75. The van der Waals surface area contributed by atoms with Gasteiger partial charge in [0, 0.05) is 25.4 Å². The van der Waals surface area contributed by atoms with Gasteiger partial charge in [-0.05, 0) is 0 Å². The largest absolute Gasteiger partial charge is 0.350 e. The number of aromatic nitrogens is 2. The predicted octanol–water partition coefficient (Wildman–Crippen LogP) is 2.57. The molecule has 26 heavy (non-hydrogen) atoms. The van der Waals surface area contributed by atoms with E-state index < -0.39 is 0 Å². The molecule has 2 aromatic carbocycles. The minimum atomic E-state index is -0.00704. The molecule has 0 saturated carbocycles. The minimum absolute atomic E-state index is 0.00704. The van der Waals surface area contributed by atoms with Crippen molar-refractivity contribution < 1.29 is 9.47 Å². The Morgan fingerprint density at radius 1 is 0.962 bits per heavy atom. The number of aryl methyl sites for hydroxylation is 1. The molecule has 0 spiro atoms. The van der Waals surface area contributed by atoms with Gasteiger partial charge in [-0.2, -0.15) is 0 Å². The van der Waals surface area contributed by atoms with Gasteiger partial charge < -0.3 is 14.0 Å². The van der Waals surface area contributed by atoms with Crippen molar-refractivity contribution in [3.05, 3.63) is 79.4 Å². The van der Waals surface area contributed by atoms with E-state index in [0.29, 0.717) is 6.71 Å². The van der Waals surface area contributed by atoms with Gasteiger partial charge >= 0.3 is 0 Å². The predicted molar refractivity (Wildman–Crippen MR) is 106 cm³/mol. The van der Waals surface area contributed by atoms with Crippen LogP contribution in [0.3, 0.4) is 0 Å². The van der Waals surface area contributed by atoms with Gasteiger partial charge in [-0.15, -0.1) is 0 Å². The number of ether oxygens (including phenoxy) is 2. The quantitative estimate of drug-likeness (QED) is 0.665. The third-order valence-electron chi connectivity index (χ3n) is 4.47. The summed E-state index contributed by atoms with van der Waals surface area (Å²) in [6.07, 6.45) is 6.41. The molecular formula is C21H25BN2O2. The molecule has 1 saturated heterocycles. The monoisotopic (exact) mass is 348 g/mol. The summed E-state index contributed by atoms with van der Waals surface area (Å²) in [6, 6.07) is 21.2. The van der Waals surface area contributed by atoms with Gasteiger partial charge in [0.05, 0.1) is 19.5 Å². The van der Waals surface area contributed by atoms with Crippen LogP contribution in [0.15, 0.2) is 79.4 Å². The Hall–Kier alpha value is -2.37. The molecule has 1 aliphatic rings. The normalized spacial score (nSPS) is 13.9. The zero-order chi connectivity index (χ0) is 18.0. The molecule has 4 rings (SSSR count). The lowest BCUT2D eigenvalue weighted by molar-refractivity contribution is -0.0490. The molecule has 0 aliphatic carbocycles. The average Bonchev–Trinajstić information content (AvgIpc) is 3.41. The van der Waals surface area contributed by atoms with Crippen LogP contribution in [0.2, 0.25) is 6.82 Å². The van der Waals surface area contributed by atoms with Gasteiger partial charge in [0.25, 0.3) is 0 Å². The lowest BCUT2D eigenvalue weighted by Crippen LogP contribution is -2.38. The van der Waals surface area contributed by atoms with Crippen LogP contribution in [-0.2, 0) is 16.0 Å². The van der Waals surface area contributed by atoms with Crippen molar-refractivity contribution in [2.45, 2.75) is 26.1 Å². The maximum Gasteiger partial charge on any atom is 0.206 e. The van der Waals surface area contributed by atoms with Crippen molar-refractivity contribution in [1.82, 2.24) is 9.55 Å². The highest BCUT2D eigenvalue weighted by Crippen LogP contribution is 2.08. The Kier molecular flexibility index (Phi) is 7.05. The molecule has 0 bridgehead atoms. The number of rotatable bonds is 5. The number of benzene rings is 2. The fraction of sp³-hybridized carbons (Fsp3) is 0.286. The summed E-state index contributed by atoms with van der Waals surface area (Å²) in [5.74, 6) is 0. The Bertz CT molecular complexity index is 690. The number of nitrogens with zero attached hydrogens (tertiary/aromatic N) is 2. The smallest absolute Gasteiger partial charge is 0.206 e. The molecule has 0 amide bonds. The minimum Gasteiger partial charge on any atom is -0.350 e. The highest BCUT2D eigenvalue weighted by atomic mass is 16.7. The molecule has 1 aliphatic heterocycles. The summed E-state index contributed by atoms with van der Waals surface area (Å²) in [4.78, 5) is 3.95. The molecule has 0 atom stereocenters. The molecule has 5 heteroatoms. The summed E-state index contributed by atoms with van der Waals surface area (Å²) >= 11 is 0. The van der Waals surface area contributed by atoms with Crippen LogP contribution >= 0.6 is 0 Å². The summed E-state index contributed by atoms with van der Waals surface area (Å²) < 4.78 is 12.6. The highest BCUT2D eigenvalue weighted by Gasteiger charge is 2.15. The van der Waals surface area contributed by atoms with Crippen molar-refractivity contribution in [3.8, 4) is 0 Å². The topological polar surface area (TPSA) is 36.3 Å². The van der Waals surface area contributed by atoms with E-state index in [1.807, 2.05) is 10.8 Å². The second-order valence-corrected chi connectivity index (χ2v) is 6.30. The number of imidazole rings is 1. The highest BCUT2D eigenvalue weighted by molar-refractivity contribution is 6.84. The molecule has 0 radical (unpaired) electrons. The van der Waals surface area contributed by atoms with Crippen molar-refractivity contribution >= 4 is 17.6 Å². The van der Waals surface area contributed by atoms with Crippen LogP contribution in [0, 0.1) is 0 Å². The van der Waals surface area contributed by atoms with E-state index in [-0.39, 0.29) is 6.29 Å². The average molecular weight is 348 g/mol. The first-order chi connectivity index (χ1) is 12.8. The molecule has 4 nitrogen and oxygen atoms in total. The molecular weight excluding hydrogens is 323 g/mol. The third kappa shape index (κ3) is 5.58. The standard InChI is InChI=1S/C13H13B.C8H12N2O2/c1-14(12-8-4-2-5-9-12)13-10-6-3-7-11-13;1(8-11-5-6-12-8)3-10-4-2-9-7-10/h2-11H,1H3;2,4,7-8H,1,3,5-6H2. The molecule has 3 aromatic rings. The molecule has 1 aromatic heterocycles.